The van der Waals surface area contributed by atoms with Crippen LogP contribution in [0.4, 0.5) is 0 Å². The molecule has 3 aliphatic rings. The highest BCUT2D eigenvalue weighted by molar-refractivity contribution is 7.99. The average Bonchev–Trinajstić information content (AvgIpc) is 3.16. The Morgan fingerprint density at radius 2 is 2.08 bits per heavy atom. The molecule has 3 aliphatic carbocycles. The SMILES string of the molecule is CC1=C(CSc2nccn2C)C2=C(C)C3(CC3)[C@@](C)(O)C(=O)C2=C1. The minimum Gasteiger partial charge on any atom is -0.381 e. The molecule has 0 aromatic carbocycles. The molecule has 0 bridgehead atoms. The molecule has 0 saturated heterocycles. The predicted octanol–water partition coefficient (Wildman–Crippen LogP) is 3.20. The van der Waals surface area contributed by atoms with Crippen LogP contribution in [0.5, 0.6) is 0 Å². The molecular formula is C19H22N2O2S. The zero-order valence-electron chi connectivity index (χ0n) is 14.5. The summed E-state index contributed by atoms with van der Waals surface area (Å²) in [6.07, 6.45) is 7.49. The van der Waals surface area contributed by atoms with E-state index in [-0.39, 0.29) is 11.2 Å². The lowest BCUT2D eigenvalue weighted by atomic mass is 9.67. The summed E-state index contributed by atoms with van der Waals surface area (Å²) in [7, 11) is 1.99. The zero-order valence-corrected chi connectivity index (χ0v) is 15.3. The summed E-state index contributed by atoms with van der Waals surface area (Å²) in [4.78, 5) is 17.3. The highest BCUT2D eigenvalue weighted by Gasteiger charge is 2.64. The van der Waals surface area contributed by atoms with Crippen molar-refractivity contribution in [1.82, 2.24) is 9.55 Å². The van der Waals surface area contributed by atoms with Gasteiger partial charge in [0.05, 0.1) is 0 Å². The summed E-state index contributed by atoms with van der Waals surface area (Å²) in [5.74, 6) is 0.673. The average molecular weight is 342 g/mol. The first-order valence-electron chi connectivity index (χ1n) is 8.30. The third kappa shape index (κ3) is 1.91. The van der Waals surface area contributed by atoms with Gasteiger partial charge >= 0.3 is 0 Å². The molecule has 0 aliphatic heterocycles. The number of imidazole rings is 1. The van der Waals surface area contributed by atoms with E-state index in [1.54, 1.807) is 24.9 Å². The number of hydrogen-bond donors (Lipinski definition) is 1. The van der Waals surface area contributed by atoms with Crippen molar-refractivity contribution in [3.8, 4) is 0 Å². The van der Waals surface area contributed by atoms with Gasteiger partial charge in [-0.3, -0.25) is 4.79 Å². The number of allylic oxidation sites excluding steroid dienone is 3. The topological polar surface area (TPSA) is 55.1 Å². The molecule has 0 unspecified atom stereocenters. The number of hydrogen-bond acceptors (Lipinski definition) is 4. The molecule has 1 saturated carbocycles. The van der Waals surface area contributed by atoms with Crippen LogP contribution in [-0.4, -0.2) is 31.8 Å². The van der Waals surface area contributed by atoms with Gasteiger partial charge in [0, 0.05) is 36.2 Å². The van der Waals surface area contributed by atoms with Gasteiger partial charge in [-0.1, -0.05) is 17.3 Å². The van der Waals surface area contributed by atoms with E-state index < -0.39 is 5.60 Å². The van der Waals surface area contributed by atoms with Crippen LogP contribution in [-0.2, 0) is 11.8 Å². The third-order valence-corrected chi connectivity index (χ3v) is 7.08. The molecule has 0 amide bonds. The molecule has 0 radical (unpaired) electrons. The van der Waals surface area contributed by atoms with Crippen molar-refractivity contribution in [1.29, 1.82) is 0 Å². The Morgan fingerprint density at radius 1 is 1.38 bits per heavy atom. The fourth-order valence-corrected chi connectivity index (χ4v) is 5.27. The van der Waals surface area contributed by atoms with Crippen LogP contribution < -0.4 is 0 Å². The van der Waals surface area contributed by atoms with Crippen LogP contribution in [0.15, 0.2) is 51.5 Å². The minimum atomic E-state index is -1.27. The number of nitrogens with zero attached hydrogens (tertiary/aromatic N) is 2. The molecule has 1 N–H and O–H groups in total. The number of aliphatic hydroxyl groups is 1. The second-order valence-electron chi connectivity index (χ2n) is 7.31. The number of aromatic nitrogens is 2. The first-order chi connectivity index (χ1) is 11.3. The highest BCUT2D eigenvalue weighted by Crippen LogP contribution is 2.65. The lowest BCUT2D eigenvalue weighted by Crippen LogP contribution is -2.49. The van der Waals surface area contributed by atoms with Crippen molar-refractivity contribution in [2.75, 3.05) is 5.75 Å². The van der Waals surface area contributed by atoms with Gasteiger partial charge in [0.15, 0.2) is 10.9 Å². The maximum absolute atomic E-state index is 12.9. The summed E-state index contributed by atoms with van der Waals surface area (Å²) < 4.78 is 2.00. The molecule has 1 atom stereocenters. The molecule has 126 valence electrons. The van der Waals surface area contributed by atoms with Crippen molar-refractivity contribution in [2.45, 2.75) is 44.4 Å². The van der Waals surface area contributed by atoms with E-state index in [1.165, 1.54) is 11.1 Å². The Balaban J connectivity index is 1.72. The second-order valence-corrected chi connectivity index (χ2v) is 8.25. The van der Waals surface area contributed by atoms with Gasteiger partial charge in [0.1, 0.15) is 5.60 Å². The van der Waals surface area contributed by atoms with Crippen molar-refractivity contribution >= 4 is 17.5 Å². The van der Waals surface area contributed by atoms with E-state index in [0.717, 1.165) is 34.9 Å². The fourth-order valence-electron chi connectivity index (χ4n) is 4.23. The summed E-state index contributed by atoms with van der Waals surface area (Å²) in [6, 6.07) is 0. The largest absolute Gasteiger partial charge is 0.381 e. The summed E-state index contributed by atoms with van der Waals surface area (Å²) in [5, 5.41) is 11.8. The maximum Gasteiger partial charge on any atom is 0.195 e. The van der Waals surface area contributed by atoms with Crippen LogP contribution in [0.3, 0.4) is 0 Å². The van der Waals surface area contributed by atoms with Crippen molar-refractivity contribution in [2.24, 2.45) is 12.5 Å². The van der Waals surface area contributed by atoms with Gasteiger partial charge < -0.3 is 9.67 Å². The molecule has 4 rings (SSSR count). The predicted molar refractivity (Wildman–Crippen MR) is 94.7 cm³/mol. The normalized spacial score (nSPS) is 27.9. The Hall–Kier alpha value is -1.59. The first-order valence-corrected chi connectivity index (χ1v) is 9.29. The standard InChI is InChI=1S/C19H22N2O2S/c1-11-9-13-15(14(11)10-24-17-20-7-8-21(17)4)12(2)19(5-6-19)18(3,23)16(13)22/h7-9,23H,5-6,10H2,1-4H3/t18-/m0/s1. The number of ketones is 1. The van der Waals surface area contributed by atoms with Crippen molar-refractivity contribution in [3.05, 3.63) is 46.3 Å². The molecule has 24 heavy (non-hydrogen) atoms. The quantitative estimate of drug-likeness (QED) is 0.857. The molecular weight excluding hydrogens is 320 g/mol. The maximum atomic E-state index is 12.9. The number of thioether (sulfide) groups is 1. The lowest BCUT2D eigenvalue weighted by molar-refractivity contribution is -0.137. The van der Waals surface area contributed by atoms with E-state index in [9.17, 15) is 9.90 Å². The van der Waals surface area contributed by atoms with E-state index in [2.05, 4.69) is 18.8 Å². The number of Topliss-reactive ketones (excluding diaryl/α,β-unsaturated/α-hetero) is 1. The van der Waals surface area contributed by atoms with Crippen LogP contribution in [0, 0.1) is 5.41 Å². The number of rotatable bonds is 3. The van der Waals surface area contributed by atoms with Crippen LogP contribution >= 0.6 is 11.8 Å². The summed E-state index contributed by atoms with van der Waals surface area (Å²) >= 11 is 1.69. The molecule has 1 spiro atoms. The fraction of sp³-hybridized carbons (Fsp3) is 0.474. The van der Waals surface area contributed by atoms with Crippen LogP contribution in [0.25, 0.3) is 0 Å². The smallest absolute Gasteiger partial charge is 0.195 e. The van der Waals surface area contributed by atoms with E-state index in [4.69, 9.17) is 0 Å². The molecule has 4 nitrogen and oxygen atoms in total. The van der Waals surface area contributed by atoms with E-state index in [1.807, 2.05) is 23.9 Å². The number of carbonyl (C=O) groups excluding carboxylic acids is 1. The summed E-state index contributed by atoms with van der Waals surface area (Å²) in [5.41, 5.74) is 3.69. The second kappa shape index (κ2) is 4.96. The Kier molecular flexibility index (Phi) is 3.29. The Morgan fingerprint density at radius 3 is 2.67 bits per heavy atom. The molecule has 1 fully saturated rings. The number of aryl methyl sites for hydroxylation is 1. The number of carbonyl (C=O) groups is 1. The van der Waals surface area contributed by atoms with Crippen molar-refractivity contribution < 1.29 is 9.90 Å². The summed E-state index contributed by atoms with van der Waals surface area (Å²) in [6.45, 7) is 5.85. The molecule has 5 heteroatoms. The van der Waals surface area contributed by atoms with Crippen LogP contribution in [0.2, 0.25) is 0 Å². The van der Waals surface area contributed by atoms with Gasteiger partial charge in [-0.15, -0.1) is 0 Å². The van der Waals surface area contributed by atoms with Crippen molar-refractivity contribution in [3.63, 3.8) is 0 Å². The van der Waals surface area contributed by atoms with Gasteiger partial charge in [-0.05, 0) is 56.4 Å². The Bertz CT molecular complexity index is 850. The highest BCUT2D eigenvalue weighted by atomic mass is 32.2. The van der Waals surface area contributed by atoms with Gasteiger partial charge in [0.2, 0.25) is 0 Å². The molecule has 1 aromatic heterocycles. The minimum absolute atomic E-state index is 0.114. The number of fused-ring (bicyclic) bond motifs is 1. The van der Waals surface area contributed by atoms with Gasteiger partial charge in [-0.2, -0.15) is 0 Å². The van der Waals surface area contributed by atoms with E-state index >= 15 is 0 Å². The third-order valence-electron chi connectivity index (χ3n) is 5.99. The zero-order chi connectivity index (χ0) is 17.3. The molecule has 1 heterocycles. The first kappa shape index (κ1) is 15.9. The molecule has 1 aromatic rings. The van der Waals surface area contributed by atoms with Crippen LogP contribution in [0.1, 0.15) is 33.6 Å². The van der Waals surface area contributed by atoms with E-state index in [0.29, 0.717) is 5.57 Å². The monoisotopic (exact) mass is 342 g/mol. The Labute approximate surface area is 146 Å². The lowest BCUT2D eigenvalue weighted by Gasteiger charge is -2.39. The van der Waals surface area contributed by atoms with Gasteiger partial charge in [-0.25, -0.2) is 4.98 Å². The van der Waals surface area contributed by atoms with Gasteiger partial charge in [0.25, 0.3) is 0 Å².